The van der Waals surface area contributed by atoms with Crippen molar-refractivity contribution in [1.82, 2.24) is 15.1 Å². The van der Waals surface area contributed by atoms with E-state index in [-0.39, 0.29) is 41.7 Å². The quantitative estimate of drug-likeness (QED) is 0.845. The fourth-order valence-electron chi connectivity index (χ4n) is 3.16. The maximum Gasteiger partial charge on any atom is 0.416 e. The van der Waals surface area contributed by atoms with Crippen LogP contribution in [0.5, 0.6) is 0 Å². The number of carbonyl (C=O) groups excluding carboxylic acids is 1. The number of alkyl halides is 3. The fourth-order valence-corrected chi connectivity index (χ4v) is 3.16. The lowest BCUT2D eigenvalue weighted by Crippen LogP contribution is -2.40. The monoisotopic (exact) mass is 388 g/mol. The number of hydrogen-bond donors (Lipinski definition) is 2. The molecule has 0 spiro atoms. The Bertz CT molecular complexity index is 762. The van der Waals surface area contributed by atoms with E-state index in [1.165, 1.54) is 29.1 Å². The molecule has 1 fully saturated rings. The lowest BCUT2D eigenvalue weighted by molar-refractivity contribution is -0.137. The van der Waals surface area contributed by atoms with Crippen molar-refractivity contribution in [2.75, 3.05) is 6.54 Å². The number of carbonyl (C=O) groups is 1. The number of benzene rings is 1. The topological polar surface area (TPSA) is 72.9 Å². The van der Waals surface area contributed by atoms with Crippen molar-refractivity contribution in [1.29, 1.82) is 0 Å². The molecule has 0 saturated heterocycles. The van der Waals surface area contributed by atoms with E-state index in [2.05, 4.69) is 10.4 Å². The van der Waals surface area contributed by atoms with Gasteiger partial charge in [0.25, 0.3) is 5.91 Å². The minimum absolute atomic E-state index is 0. The van der Waals surface area contributed by atoms with Crippen LogP contribution < -0.4 is 11.1 Å². The molecule has 3 rings (SSSR count). The van der Waals surface area contributed by atoms with Crippen LogP contribution in [-0.4, -0.2) is 28.3 Å². The molecule has 1 aliphatic carbocycles. The maximum absolute atomic E-state index is 12.8. The number of nitrogens with one attached hydrogen (secondary N) is 1. The molecule has 0 bridgehead atoms. The molecule has 1 aromatic carbocycles. The number of rotatable bonds is 4. The minimum atomic E-state index is -4.43. The normalized spacial score (nSPS) is 19.8. The third-order valence-electron chi connectivity index (χ3n) is 4.54. The smallest absolute Gasteiger partial charge is 0.348 e. The zero-order valence-electron chi connectivity index (χ0n) is 13.9. The molecule has 142 valence electrons. The van der Waals surface area contributed by atoms with Crippen LogP contribution in [0.3, 0.4) is 0 Å². The fraction of sp³-hybridized carbons (Fsp3) is 0.412. The van der Waals surface area contributed by atoms with Crippen LogP contribution in [-0.2, 0) is 6.18 Å². The van der Waals surface area contributed by atoms with Crippen molar-refractivity contribution in [3.8, 4) is 5.69 Å². The van der Waals surface area contributed by atoms with E-state index in [9.17, 15) is 18.0 Å². The van der Waals surface area contributed by atoms with Crippen LogP contribution in [0.25, 0.3) is 5.69 Å². The van der Waals surface area contributed by atoms with E-state index < -0.39 is 11.7 Å². The van der Waals surface area contributed by atoms with Gasteiger partial charge in [0.2, 0.25) is 0 Å². The second kappa shape index (κ2) is 8.09. The molecule has 2 atom stereocenters. The van der Waals surface area contributed by atoms with E-state index in [0.29, 0.717) is 6.54 Å². The van der Waals surface area contributed by atoms with Crippen molar-refractivity contribution in [2.45, 2.75) is 31.5 Å². The van der Waals surface area contributed by atoms with E-state index in [1.54, 1.807) is 0 Å². The summed E-state index contributed by atoms with van der Waals surface area (Å²) in [4.78, 5) is 12.3. The van der Waals surface area contributed by atoms with Gasteiger partial charge in [-0.15, -0.1) is 12.4 Å². The Morgan fingerprint density at radius 3 is 2.77 bits per heavy atom. The Kier molecular flexibility index (Phi) is 6.30. The summed E-state index contributed by atoms with van der Waals surface area (Å²) in [5.41, 5.74) is 5.36. The van der Waals surface area contributed by atoms with E-state index in [1.807, 2.05) is 0 Å². The molecule has 2 unspecified atom stereocenters. The summed E-state index contributed by atoms with van der Waals surface area (Å²) in [7, 11) is 0. The lowest BCUT2D eigenvalue weighted by atomic mass is 10.0. The Morgan fingerprint density at radius 2 is 2.08 bits per heavy atom. The van der Waals surface area contributed by atoms with E-state index in [0.717, 1.165) is 31.4 Å². The van der Waals surface area contributed by atoms with Gasteiger partial charge in [-0.3, -0.25) is 4.79 Å². The molecule has 26 heavy (non-hydrogen) atoms. The van der Waals surface area contributed by atoms with Crippen LogP contribution in [0.2, 0.25) is 0 Å². The van der Waals surface area contributed by atoms with Gasteiger partial charge in [-0.25, -0.2) is 4.68 Å². The van der Waals surface area contributed by atoms with Gasteiger partial charge in [0.05, 0.1) is 11.3 Å². The molecule has 0 aliphatic heterocycles. The number of nitrogens with two attached hydrogens (primary N) is 1. The summed E-state index contributed by atoms with van der Waals surface area (Å²) in [6, 6.07) is 6.32. The summed E-state index contributed by atoms with van der Waals surface area (Å²) in [5.74, 6) is -0.0782. The van der Waals surface area contributed by atoms with Crippen molar-refractivity contribution in [2.24, 2.45) is 11.7 Å². The first kappa shape index (κ1) is 20.3. The summed E-state index contributed by atoms with van der Waals surface area (Å²) in [6.07, 6.45) is -0.0733. The maximum atomic E-state index is 12.8. The standard InChI is InChI=1S/C17H19F3N4O.ClH/c18-17(19,20)12-4-2-5-13(9-12)24-8-7-15(23-24)16(25)22-14-6-1-3-11(14)10-21;/h2,4-5,7-9,11,14H,1,3,6,10,21H2,(H,22,25);1H. The van der Waals surface area contributed by atoms with Crippen molar-refractivity contribution < 1.29 is 18.0 Å². The first-order valence-electron chi connectivity index (χ1n) is 8.12. The third-order valence-corrected chi connectivity index (χ3v) is 4.54. The van der Waals surface area contributed by atoms with Crippen LogP contribution in [0.4, 0.5) is 13.2 Å². The predicted molar refractivity (Wildman–Crippen MR) is 93.5 cm³/mol. The molecule has 3 N–H and O–H groups in total. The number of nitrogens with zero attached hydrogens (tertiary/aromatic N) is 2. The summed E-state index contributed by atoms with van der Waals surface area (Å²) >= 11 is 0. The average molecular weight is 389 g/mol. The van der Waals surface area contributed by atoms with E-state index >= 15 is 0 Å². The van der Waals surface area contributed by atoms with E-state index in [4.69, 9.17) is 5.73 Å². The van der Waals surface area contributed by atoms with Gasteiger partial charge in [0.1, 0.15) is 0 Å². The van der Waals surface area contributed by atoms with Gasteiger partial charge in [-0.05, 0) is 49.6 Å². The van der Waals surface area contributed by atoms with Crippen LogP contribution in [0, 0.1) is 5.92 Å². The predicted octanol–water partition coefficient (Wildman–Crippen LogP) is 3.17. The number of aromatic nitrogens is 2. The molecule has 2 aromatic rings. The molecule has 1 saturated carbocycles. The SMILES string of the molecule is Cl.NCC1CCCC1NC(=O)c1ccn(-c2cccc(C(F)(F)F)c2)n1. The zero-order valence-corrected chi connectivity index (χ0v) is 14.7. The van der Waals surface area contributed by atoms with Crippen molar-refractivity contribution in [3.63, 3.8) is 0 Å². The third kappa shape index (κ3) is 4.37. The molecular weight excluding hydrogens is 369 g/mol. The molecule has 1 heterocycles. The number of amides is 1. The molecular formula is C17H20ClF3N4O. The molecule has 0 radical (unpaired) electrons. The highest BCUT2D eigenvalue weighted by atomic mass is 35.5. The van der Waals surface area contributed by atoms with Gasteiger partial charge in [0.15, 0.2) is 5.69 Å². The summed E-state index contributed by atoms with van der Waals surface area (Å²) < 4.78 is 39.7. The minimum Gasteiger partial charge on any atom is -0.348 e. The highest BCUT2D eigenvalue weighted by molar-refractivity contribution is 5.92. The lowest BCUT2D eigenvalue weighted by Gasteiger charge is -2.18. The highest BCUT2D eigenvalue weighted by Gasteiger charge is 2.31. The van der Waals surface area contributed by atoms with Gasteiger partial charge < -0.3 is 11.1 Å². The van der Waals surface area contributed by atoms with Gasteiger partial charge >= 0.3 is 6.18 Å². The zero-order chi connectivity index (χ0) is 18.0. The second-order valence-electron chi connectivity index (χ2n) is 6.20. The first-order chi connectivity index (χ1) is 11.9. The highest BCUT2D eigenvalue weighted by Crippen LogP contribution is 2.30. The number of hydrogen-bond acceptors (Lipinski definition) is 3. The van der Waals surface area contributed by atoms with Gasteiger partial charge in [0, 0.05) is 12.2 Å². The van der Waals surface area contributed by atoms with Gasteiger partial charge in [-0.2, -0.15) is 18.3 Å². The summed E-state index contributed by atoms with van der Waals surface area (Å²) in [6.45, 7) is 0.517. The van der Waals surface area contributed by atoms with Crippen molar-refractivity contribution >= 4 is 18.3 Å². The van der Waals surface area contributed by atoms with Gasteiger partial charge in [-0.1, -0.05) is 12.5 Å². The average Bonchev–Trinajstić information content (AvgIpc) is 3.23. The second-order valence-corrected chi connectivity index (χ2v) is 6.20. The summed E-state index contributed by atoms with van der Waals surface area (Å²) in [5, 5.41) is 7.02. The Labute approximate surface area is 155 Å². The largest absolute Gasteiger partial charge is 0.416 e. The van der Waals surface area contributed by atoms with Crippen LogP contribution >= 0.6 is 12.4 Å². The Hall–Kier alpha value is -2.06. The molecule has 1 aliphatic rings. The van der Waals surface area contributed by atoms with Crippen LogP contribution in [0.15, 0.2) is 36.5 Å². The van der Waals surface area contributed by atoms with Crippen molar-refractivity contribution in [3.05, 3.63) is 47.8 Å². The molecule has 1 amide bonds. The Balaban J connectivity index is 0.00000243. The first-order valence-corrected chi connectivity index (χ1v) is 8.12. The van der Waals surface area contributed by atoms with Crippen LogP contribution in [0.1, 0.15) is 35.3 Å². The Morgan fingerprint density at radius 1 is 1.31 bits per heavy atom. The number of halogens is 4. The molecule has 1 aromatic heterocycles. The molecule has 5 nitrogen and oxygen atoms in total. The molecule has 9 heteroatoms.